The number of nitrogens with one attached hydrogen (secondary N) is 1. The van der Waals surface area contributed by atoms with Crippen LogP contribution in [0.15, 0.2) is 60.2 Å². The maximum atomic E-state index is 13.6. The van der Waals surface area contributed by atoms with Crippen molar-refractivity contribution < 1.29 is 19.1 Å². The minimum atomic E-state index is -0.561. The Morgan fingerprint density at radius 2 is 1.88 bits per heavy atom. The Labute approximate surface area is 198 Å². The van der Waals surface area contributed by atoms with Gasteiger partial charge in [-0.2, -0.15) is 0 Å². The van der Waals surface area contributed by atoms with Crippen molar-refractivity contribution in [2.75, 3.05) is 19.0 Å². The molecule has 1 aliphatic heterocycles. The number of allylic oxidation sites excluding steroid dienone is 1. The van der Waals surface area contributed by atoms with Crippen molar-refractivity contribution in [1.29, 1.82) is 0 Å². The summed E-state index contributed by atoms with van der Waals surface area (Å²) >= 11 is 0. The van der Waals surface area contributed by atoms with Crippen LogP contribution in [0.25, 0.3) is 16.3 Å². The van der Waals surface area contributed by atoms with E-state index in [1.54, 1.807) is 13.2 Å². The molecule has 0 bridgehead atoms. The molecule has 0 saturated carbocycles. The molecule has 5 rings (SSSR count). The third-order valence-corrected chi connectivity index (χ3v) is 6.63. The lowest BCUT2D eigenvalue weighted by atomic mass is 9.68. The van der Waals surface area contributed by atoms with E-state index in [1.165, 1.54) is 0 Å². The molecule has 174 valence electrons. The first-order valence-corrected chi connectivity index (χ1v) is 11.4. The number of fused-ring (bicyclic) bond motifs is 4. The molecule has 6 nitrogen and oxygen atoms in total. The highest BCUT2D eigenvalue weighted by Crippen LogP contribution is 2.52. The molecular formula is C28H28N2O4. The lowest BCUT2D eigenvalue weighted by Gasteiger charge is -2.40. The lowest BCUT2D eigenvalue weighted by molar-refractivity contribution is -0.120. The SMILES string of the molecule is COc1cc([C@H]2Nc3ccc4ccccc4c3C3=C2C(=O)CC(C)(C)C3)ccc1OCC(N)=O. The first kappa shape index (κ1) is 22.0. The Kier molecular flexibility index (Phi) is 5.31. The molecule has 0 spiro atoms. The van der Waals surface area contributed by atoms with E-state index in [2.05, 4.69) is 43.4 Å². The van der Waals surface area contributed by atoms with E-state index < -0.39 is 5.91 Å². The van der Waals surface area contributed by atoms with Gasteiger partial charge in [0, 0.05) is 23.2 Å². The summed E-state index contributed by atoms with van der Waals surface area (Å²) in [6.07, 6.45) is 1.32. The van der Waals surface area contributed by atoms with Crippen LogP contribution in [0, 0.1) is 5.41 Å². The highest BCUT2D eigenvalue weighted by molar-refractivity contribution is 6.12. The number of hydrogen-bond acceptors (Lipinski definition) is 5. The van der Waals surface area contributed by atoms with Gasteiger partial charge in [-0.3, -0.25) is 9.59 Å². The number of ether oxygens (including phenoxy) is 2. The number of anilines is 1. The van der Waals surface area contributed by atoms with E-state index in [0.717, 1.165) is 45.2 Å². The van der Waals surface area contributed by atoms with Crippen molar-refractivity contribution in [1.82, 2.24) is 0 Å². The summed E-state index contributed by atoms with van der Waals surface area (Å²) in [5.74, 6) is 0.512. The summed E-state index contributed by atoms with van der Waals surface area (Å²) in [6.45, 7) is 4.08. The molecule has 0 aromatic heterocycles. The van der Waals surface area contributed by atoms with Gasteiger partial charge in [-0.15, -0.1) is 0 Å². The molecule has 3 aromatic carbocycles. The standard InChI is InChI=1S/C28H28N2O4/c1-28(2)13-19-25-18-7-5-4-6-16(18)8-10-20(25)30-27(26(19)21(31)14-28)17-9-11-22(23(12-17)33-3)34-15-24(29)32/h4-12,27,30H,13-15H2,1-3H3,(H2,29,32)/t27-/m1/s1. The number of ketones is 1. The number of primary amides is 1. The zero-order valence-electron chi connectivity index (χ0n) is 19.6. The first-order valence-electron chi connectivity index (χ1n) is 11.4. The third-order valence-electron chi connectivity index (χ3n) is 6.63. The molecular weight excluding hydrogens is 428 g/mol. The molecule has 1 heterocycles. The molecule has 1 amide bonds. The number of benzene rings is 3. The molecule has 3 aromatic rings. The maximum Gasteiger partial charge on any atom is 0.255 e. The van der Waals surface area contributed by atoms with Crippen LogP contribution in [0.3, 0.4) is 0 Å². The van der Waals surface area contributed by atoms with Crippen LogP contribution < -0.4 is 20.5 Å². The number of rotatable bonds is 5. The fourth-order valence-electron chi connectivity index (χ4n) is 5.22. The van der Waals surface area contributed by atoms with Crippen molar-refractivity contribution in [3.05, 3.63) is 71.3 Å². The Balaban J connectivity index is 1.67. The van der Waals surface area contributed by atoms with Crippen molar-refractivity contribution in [2.45, 2.75) is 32.7 Å². The van der Waals surface area contributed by atoms with Crippen LogP contribution in [0.4, 0.5) is 5.69 Å². The van der Waals surface area contributed by atoms with Gasteiger partial charge in [-0.1, -0.05) is 50.2 Å². The zero-order chi connectivity index (χ0) is 24.0. The Hall–Kier alpha value is -3.80. The number of amides is 1. The molecule has 6 heteroatoms. The summed E-state index contributed by atoms with van der Waals surface area (Å²) in [5, 5.41) is 5.94. The number of hydrogen-bond donors (Lipinski definition) is 2. The Morgan fingerprint density at radius 3 is 2.65 bits per heavy atom. The molecule has 0 fully saturated rings. The predicted octanol–water partition coefficient (Wildman–Crippen LogP) is 5.02. The van der Waals surface area contributed by atoms with Gasteiger partial charge < -0.3 is 20.5 Å². The number of carbonyl (C=O) groups is 2. The van der Waals surface area contributed by atoms with Gasteiger partial charge in [-0.25, -0.2) is 0 Å². The average Bonchev–Trinajstić information content (AvgIpc) is 2.80. The van der Waals surface area contributed by atoms with Crippen molar-refractivity contribution >= 4 is 33.7 Å². The van der Waals surface area contributed by atoms with E-state index in [9.17, 15) is 9.59 Å². The van der Waals surface area contributed by atoms with E-state index in [0.29, 0.717) is 17.9 Å². The zero-order valence-corrected chi connectivity index (χ0v) is 19.6. The van der Waals surface area contributed by atoms with Gasteiger partial charge in [-0.05, 0) is 51.9 Å². The molecule has 2 aliphatic rings. The lowest BCUT2D eigenvalue weighted by Crippen LogP contribution is -2.33. The molecule has 1 atom stereocenters. The van der Waals surface area contributed by atoms with Gasteiger partial charge in [0.05, 0.1) is 13.2 Å². The van der Waals surface area contributed by atoms with Crippen LogP contribution in [0.2, 0.25) is 0 Å². The fourth-order valence-corrected chi connectivity index (χ4v) is 5.22. The van der Waals surface area contributed by atoms with E-state index in [1.807, 2.05) is 24.3 Å². The number of Topliss-reactive ketones (excluding diaryl/α,β-unsaturated/α-hetero) is 1. The number of methoxy groups -OCH3 is 1. The predicted molar refractivity (Wildman–Crippen MR) is 133 cm³/mol. The molecule has 0 unspecified atom stereocenters. The van der Waals surface area contributed by atoms with Crippen LogP contribution in [-0.4, -0.2) is 25.4 Å². The Morgan fingerprint density at radius 1 is 1.09 bits per heavy atom. The minimum absolute atomic E-state index is 0.115. The second-order valence-corrected chi connectivity index (χ2v) is 9.79. The highest BCUT2D eigenvalue weighted by atomic mass is 16.5. The Bertz CT molecular complexity index is 1360. The normalized spacial score (nSPS) is 18.7. The molecule has 1 aliphatic carbocycles. The fraction of sp³-hybridized carbons (Fsp3) is 0.286. The van der Waals surface area contributed by atoms with Gasteiger partial charge in [0.1, 0.15) is 0 Å². The molecule has 0 radical (unpaired) electrons. The summed E-state index contributed by atoms with van der Waals surface area (Å²) in [7, 11) is 1.55. The number of carbonyl (C=O) groups excluding carboxylic acids is 2. The summed E-state index contributed by atoms with van der Waals surface area (Å²) in [5.41, 5.74) is 10.1. The van der Waals surface area contributed by atoms with Crippen molar-refractivity contribution in [3.63, 3.8) is 0 Å². The smallest absolute Gasteiger partial charge is 0.255 e. The van der Waals surface area contributed by atoms with Crippen molar-refractivity contribution in [3.8, 4) is 11.5 Å². The molecule has 34 heavy (non-hydrogen) atoms. The van der Waals surface area contributed by atoms with Crippen LogP contribution in [0.5, 0.6) is 11.5 Å². The highest BCUT2D eigenvalue weighted by Gasteiger charge is 2.41. The first-order chi connectivity index (χ1) is 16.3. The van der Waals surface area contributed by atoms with Gasteiger partial charge in [0.15, 0.2) is 23.9 Å². The largest absolute Gasteiger partial charge is 0.493 e. The second kappa shape index (κ2) is 8.20. The van der Waals surface area contributed by atoms with E-state index in [4.69, 9.17) is 15.2 Å². The monoisotopic (exact) mass is 456 g/mol. The molecule has 3 N–H and O–H groups in total. The summed E-state index contributed by atoms with van der Waals surface area (Å²) in [4.78, 5) is 24.7. The summed E-state index contributed by atoms with van der Waals surface area (Å²) in [6, 6.07) is 17.7. The second-order valence-electron chi connectivity index (χ2n) is 9.79. The number of nitrogens with two attached hydrogens (primary N) is 1. The quantitative estimate of drug-likeness (QED) is 0.562. The van der Waals surface area contributed by atoms with Crippen LogP contribution in [0.1, 0.15) is 43.9 Å². The van der Waals surface area contributed by atoms with Crippen molar-refractivity contribution in [2.24, 2.45) is 11.1 Å². The average molecular weight is 457 g/mol. The maximum absolute atomic E-state index is 13.6. The third kappa shape index (κ3) is 3.79. The summed E-state index contributed by atoms with van der Waals surface area (Å²) < 4.78 is 11.0. The van der Waals surface area contributed by atoms with Crippen LogP contribution >= 0.6 is 0 Å². The van der Waals surface area contributed by atoms with E-state index >= 15 is 0 Å². The van der Waals surface area contributed by atoms with Gasteiger partial charge >= 0.3 is 0 Å². The van der Waals surface area contributed by atoms with Gasteiger partial charge in [0.2, 0.25) is 0 Å². The van der Waals surface area contributed by atoms with Crippen LogP contribution in [-0.2, 0) is 9.59 Å². The van der Waals surface area contributed by atoms with Gasteiger partial charge in [0.25, 0.3) is 5.91 Å². The molecule has 0 saturated heterocycles. The minimum Gasteiger partial charge on any atom is -0.493 e. The topological polar surface area (TPSA) is 90.7 Å². The van der Waals surface area contributed by atoms with E-state index in [-0.39, 0.29) is 23.8 Å².